The van der Waals surface area contributed by atoms with Crippen LogP contribution in [0, 0.1) is 5.82 Å². The minimum absolute atomic E-state index is 0.208. The summed E-state index contributed by atoms with van der Waals surface area (Å²) in [5, 5.41) is 13.4. The molecule has 2 aromatic carbocycles. The maximum absolute atomic E-state index is 13.7. The Kier molecular flexibility index (Phi) is 6.77. The first-order valence-electron chi connectivity index (χ1n) is 8.04. The average Bonchev–Trinajstić information content (AvgIpc) is 3.12. The van der Waals surface area contributed by atoms with Crippen molar-refractivity contribution in [3.63, 3.8) is 0 Å². The summed E-state index contributed by atoms with van der Waals surface area (Å²) < 4.78 is 13.7. The molecule has 0 amide bonds. The van der Waals surface area contributed by atoms with Gasteiger partial charge >= 0.3 is 0 Å². The standard InChI is InChI=1S/C16H15ClFN5.C2H6/c1-19-11-5-2-4-10(8-11)15-21-16(23-22-15)20-9-12-13(17)6-3-7-14(12)18;1-2/h2-8,19H,9H2,1H3,(H2,20,21,22,23);1-2H3. The fourth-order valence-electron chi connectivity index (χ4n) is 2.16. The van der Waals surface area contributed by atoms with Crippen molar-refractivity contribution in [2.45, 2.75) is 20.4 Å². The van der Waals surface area contributed by atoms with Crippen LogP contribution < -0.4 is 10.6 Å². The van der Waals surface area contributed by atoms with E-state index < -0.39 is 0 Å². The first-order valence-corrected chi connectivity index (χ1v) is 8.42. The van der Waals surface area contributed by atoms with Gasteiger partial charge in [0.2, 0.25) is 5.95 Å². The van der Waals surface area contributed by atoms with E-state index in [0.29, 0.717) is 22.4 Å². The van der Waals surface area contributed by atoms with Gasteiger partial charge in [-0.05, 0) is 24.3 Å². The van der Waals surface area contributed by atoms with E-state index in [1.165, 1.54) is 6.07 Å². The molecule has 3 aromatic rings. The summed E-state index contributed by atoms with van der Waals surface area (Å²) in [6.45, 7) is 4.21. The fraction of sp³-hybridized carbons (Fsp3) is 0.222. The molecule has 132 valence electrons. The van der Waals surface area contributed by atoms with Crippen LogP contribution in [0.4, 0.5) is 16.0 Å². The second kappa shape index (κ2) is 9.03. The highest BCUT2D eigenvalue weighted by molar-refractivity contribution is 6.31. The molecule has 0 aliphatic heterocycles. The Morgan fingerprint density at radius 3 is 2.64 bits per heavy atom. The zero-order valence-corrected chi connectivity index (χ0v) is 15.2. The van der Waals surface area contributed by atoms with Crippen LogP contribution in [0.3, 0.4) is 0 Å². The molecule has 5 nitrogen and oxygen atoms in total. The number of hydrogen-bond donors (Lipinski definition) is 3. The van der Waals surface area contributed by atoms with Crippen molar-refractivity contribution >= 4 is 23.2 Å². The van der Waals surface area contributed by atoms with Gasteiger partial charge in [0.1, 0.15) is 5.82 Å². The number of aromatic amines is 1. The molecule has 0 aliphatic carbocycles. The van der Waals surface area contributed by atoms with E-state index in [0.717, 1.165) is 11.3 Å². The van der Waals surface area contributed by atoms with Gasteiger partial charge in [-0.3, -0.25) is 5.10 Å². The molecule has 0 radical (unpaired) electrons. The van der Waals surface area contributed by atoms with E-state index in [1.54, 1.807) is 12.1 Å². The lowest BCUT2D eigenvalue weighted by atomic mass is 10.2. The predicted molar refractivity (Wildman–Crippen MR) is 101 cm³/mol. The molecule has 1 aromatic heterocycles. The molecule has 0 atom stereocenters. The number of nitrogens with zero attached hydrogens (tertiary/aromatic N) is 2. The highest BCUT2D eigenvalue weighted by Crippen LogP contribution is 2.22. The summed E-state index contributed by atoms with van der Waals surface area (Å²) >= 11 is 5.99. The molecule has 3 rings (SSSR count). The van der Waals surface area contributed by atoms with Gasteiger partial charge in [-0.25, -0.2) is 4.39 Å². The zero-order valence-electron chi connectivity index (χ0n) is 14.4. The van der Waals surface area contributed by atoms with Crippen molar-refractivity contribution in [3.8, 4) is 11.4 Å². The third-order valence-corrected chi connectivity index (χ3v) is 3.75. The Morgan fingerprint density at radius 2 is 1.92 bits per heavy atom. The van der Waals surface area contributed by atoms with Crippen LogP contribution >= 0.6 is 11.6 Å². The lowest BCUT2D eigenvalue weighted by Crippen LogP contribution is -2.03. The van der Waals surface area contributed by atoms with Crippen molar-refractivity contribution in [2.75, 3.05) is 17.7 Å². The molecular weight excluding hydrogens is 341 g/mol. The lowest BCUT2D eigenvalue weighted by Gasteiger charge is -2.05. The summed E-state index contributed by atoms with van der Waals surface area (Å²) in [5.41, 5.74) is 2.27. The number of H-pyrrole nitrogens is 1. The maximum atomic E-state index is 13.7. The summed E-state index contributed by atoms with van der Waals surface area (Å²) in [7, 11) is 1.85. The third kappa shape index (κ3) is 4.70. The van der Waals surface area contributed by atoms with Crippen LogP contribution in [0.1, 0.15) is 19.4 Å². The van der Waals surface area contributed by atoms with Gasteiger partial charge in [-0.1, -0.05) is 43.6 Å². The lowest BCUT2D eigenvalue weighted by molar-refractivity contribution is 0.613. The minimum atomic E-state index is -0.359. The Balaban J connectivity index is 0.00000109. The normalized spacial score (nSPS) is 9.96. The summed E-state index contributed by atoms with van der Waals surface area (Å²) in [4.78, 5) is 4.36. The molecule has 0 saturated carbocycles. The molecule has 1 heterocycles. The van der Waals surface area contributed by atoms with Crippen molar-refractivity contribution in [1.82, 2.24) is 15.2 Å². The zero-order chi connectivity index (χ0) is 18.2. The molecule has 0 bridgehead atoms. The highest BCUT2D eigenvalue weighted by Gasteiger charge is 2.09. The van der Waals surface area contributed by atoms with Crippen LogP contribution in [-0.4, -0.2) is 22.2 Å². The average molecular weight is 362 g/mol. The van der Waals surface area contributed by atoms with Gasteiger partial charge < -0.3 is 10.6 Å². The van der Waals surface area contributed by atoms with E-state index in [9.17, 15) is 4.39 Å². The number of hydrogen-bond acceptors (Lipinski definition) is 4. The number of halogens is 2. The van der Waals surface area contributed by atoms with Crippen molar-refractivity contribution < 1.29 is 4.39 Å². The molecular formula is C18H21ClFN5. The number of aromatic nitrogens is 3. The van der Waals surface area contributed by atoms with Crippen LogP contribution in [-0.2, 0) is 6.54 Å². The largest absolute Gasteiger partial charge is 0.388 e. The SMILES string of the molecule is CC.CNc1cccc(-c2nc(NCc3c(F)cccc3Cl)n[nH]2)c1. The molecule has 0 spiro atoms. The summed E-state index contributed by atoms with van der Waals surface area (Å²) in [5.74, 6) is 0.654. The summed E-state index contributed by atoms with van der Waals surface area (Å²) in [6, 6.07) is 12.4. The van der Waals surface area contributed by atoms with Gasteiger partial charge in [0, 0.05) is 35.4 Å². The van der Waals surface area contributed by atoms with E-state index in [2.05, 4.69) is 25.8 Å². The van der Waals surface area contributed by atoms with Crippen molar-refractivity contribution in [3.05, 3.63) is 58.9 Å². The van der Waals surface area contributed by atoms with E-state index in [1.807, 2.05) is 45.2 Å². The Morgan fingerprint density at radius 1 is 1.16 bits per heavy atom. The molecule has 25 heavy (non-hydrogen) atoms. The molecule has 7 heteroatoms. The third-order valence-electron chi connectivity index (χ3n) is 3.40. The first kappa shape index (κ1) is 18.7. The van der Waals surface area contributed by atoms with Crippen LogP contribution in [0.2, 0.25) is 5.02 Å². The number of nitrogens with one attached hydrogen (secondary N) is 3. The molecule has 3 N–H and O–H groups in total. The summed E-state index contributed by atoms with van der Waals surface area (Å²) in [6.07, 6.45) is 0. The molecule has 0 fully saturated rings. The van der Waals surface area contributed by atoms with Crippen molar-refractivity contribution in [1.29, 1.82) is 0 Å². The number of rotatable bonds is 5. The Bertz CT molecular complexity index is 798. The van der Waals surface area contributed by atoms with Gasteiger partial charge in [0.25, 0.3) is 0 Å². The second-order valence-electron chi connectivity index (χ2n) is 4.89. The minimum Gasteiger partial charge on any atom is -0.388 e. The topological polar surface area (TPSA) is 65.6 Å². The van der Waals surface area contributed by atoms with Crippen molar-refractivity contribution in [2.24, 2.45) is 0 Å². The number of anilines is 2. The van der Waals surface area contributed by atoms with Crippen LogP contribution in [0.5, 0.6) is 0 Å². The molecule has 0 aliphatic rings. The van der Waals surface area contributed by atoms with Gasteiger partial charge in [0.15, 0.2) is 5.82 Å². The second-order valence-corrected chi connectivity index (χ2v) is 5.30. The fourth-order valence-corrected chi connectivity index (χ4v) is 2.39. The monoisotopic (exact) mass is 361 g/mol. The molecule has 0 unspecified atom stereocenters. The quantitative estimate of drug-likeness (QED) is 0.602. The van der Waals surface area contributed by atoms with Crippen LogP contribution in [0.25, 0.3) is 11.4 Å². The Hall–Kier alpha value is -2.60. The predicted octanol–water partition coefficient (Wildman–Crippen LogP) is 4.94. The van der Waals surface area contributed by atoms with E-state index >= 15 is 0 Å². The first-order chi connectivity index (χ1) is 12.2. The van der Waals surface area contributed by atoms with Gasteiger partial charge in [-0.15, -0.1) is 5.10 Å². The highest BCUT2D eigenvalue weighted by atomic mass is 35.5. The Labute approximate surface area is 151 Å². The van der Waals surface area contributed by atoms with Gasteiger partial charge in [0.05, 0.1) is 0 Å². The van der Waals surface area contributed by atoms with Crippen LogP contribution in [0.15, 0.2) is 42.5 Å². The number of benzene rings is 2. The van der Waals surface area contributed by atoms with E-state index in [4.69, 9.17) is 11.6 Å². The maximum Gasteiger partial charge on any atom is 0.242 e. The van der Waals surface area contributed by atoms with E-state index in [-0.39, 0.29) is 12.4 Å². The smallest absolute Gasteiger partial charge is 0.242 e. The van der Waals surface area contributed by atoms with Gasteiger partial charge in [-0.2, -0.15) is 4.98 Å². The molecule has 0 saturated heterocycles.